The van der Waals surface area contributed by atoms with Gasteiger partial charge < -0.3 is 4.90 Å². The van der Waals surface area contributed by atoms with Gasteiger partial charge in [-0.2, -0.15) is 13.2 Å². The van der Waals surface area contributed by atoms with Crippen molar-refractivity contribution in [2.24, 2.45) is 0 Å². The summed E-state index contributed by atoms with van der Waals surface area (Å²) in [5.74, 6) is -0.646. The Morgan fingerprint density at radius 2 is 1.63 bits per heavy atom. The molecule has 1 N–H and O–H groups in total. The molecule has 3 rings (SSSR count). The zero-order valence-electron chi connectivity index (χ0n) is 16.3. The number of alkyl halides is 3. The van der Waals surface area contributed by atoms with E-state index < -0.39 is 27.5 Å². The van der Waals surface area contributed by atoms with Crippen LogP contribution in [0.25, 0.3) is 0 Å². The van der Waals surface area contributed by atoms with E-state index in [1.165, 1.54) is 12.1 Å². The Balaban J connectivity index is 1.64. The van der Waals surface area contributed by atoms with Crippen molar-refractivity contribution < 1.29 is 26.4 Å². The van der Waals surface area contributed by atoms with Crippen LogP contribution in [0, 0.1) is 0 Å². The lowest BCUT2D eigenvalue weighted by Gasteiger charge is -2.26. The smallest absolute Gasteiger partial charge is 0.339 e. The number of carbonyl (C=O) groups is 1. The summed E-state index contributed by atoms with van der Waals surface area (Å²) in [4.78, 5) is 14.4. The molecule has 1 amide bonds. The molecule has 1 aliphatic rings. The molecule has 9 heteroatoms. The van der Waals surface area contributed by atoms with Crippen molar-refractivity contribution in [3.63, 3.8) is 0 Å². The molecule has 162 valence electrons. The fourth-order valence-corrected chi connectivity index (χ4v) is 4.50. The van der Waals surface area contributed by atoms with E-state index in [1.54, 1.807) is 29.2 Å². The Labute approximate surface area is 173 Å². The molecule has 5 nitrogen and oxygen atoms in total. The second-order valence-electron chi connectivity index (χ2n) is 7.33. The Kier molecular flexibility index (Phi) is 6.82. The van der Waals surface area contributed by atoms with Gasteiger partial charge in [0.15, 0.2) is 0 Å². The van der Waals surface area contributed by atoms with Gasteiger partial charge in [0.2, 0.25) is 10.0 Å². The van der Waals surface area contributed by atoms with Crippen LogP contribution in [0.4, 0.5) is 13.2 Å². The maximum atomic E-state index is 12.8. The molecule has 0 atom stereocenters. The van der Waals surface area contributed by atoms with E-state index in [-0.39, 0.29) is 18.0 Å². The van der Waals surface area contributed by atoms with Crippen LogP contribution in [0.1, 0.15) is 46.3 Å². The van der Waals surface area contributed by atoms with E-state index in [9.17, 15) is 26.4 Å². The van der Waals surface area contributed by atoms with Crippen LogP contribution < -0.4 is 4.72 Å². The molecule has 1 fully saturated rings. The van der Waals surface area contributed by atoms with Gasteiger partial charge in [-0.3, -0.25) is 4.79 Å². The highest BCUT2D eigenvalue weighted by molar-refractivity contribution is 7.88. The van der Waals surface area contributed by atoms with Crippen molar-refractivity contribution in [3.8, 4) is 0 Å². The summed E-state index contributed by atoms with van der Waals surface area (Å²) >= 11 is 0. The van der Waals surface area contributed by atoms with Crippen molar-refractivity contribution in [1.82, 2.24) is 9.62 Å². The van der Waals surface area contributed by atoms with Gasteiger partial charge in [0.25, 0.3) is 5.91 Å². The molecule has 1 saturated heterocycles. The summed E-state index contributed by atoms with van der Waals surface area (Å²) in [6, 6.07) is 11.0. The quantitative estimate of drug-likeness (QED) is 0.740. The molecule has 0 aromatic heterocycles. The zero-order chi connectivity index (χ0) is 21.8. The van der Waals surface area contributed by atoms with Gasteiger partial charge in [0.1, 0.15) is 0 Å². The van der Waals surface area contributed by atoms with Gasteiger partial charge in [-0.15, -0.1) is 0 Å². The largest absolute Gasteiger partial charge is 0.416 e. The average molecular weight is 440 g/mol. The highest BCUT2D eigenvalue weighted by Gasteiger charge is 2.30. The third kappa shape index (κ3) is 6.06. The summed E-state index contributed by atoms with van der Waals surface area (Å²) in [5, 5.41) is 0. The van der Waals surface area contributed by atoms with Crippen LogP contribution in [0.15, 0.2) is 48.5 Å². The van der Waals surface area contributed by atoms with E-state index in [2.05, 4.69) is 4.72 Å². The van der Waals surface area contributed by atoms with Gasteiger partial charge >= 0.3 is 6.18 Å². The van der Waals surface area contributed by atoms with Gasteiger partial charge in [-0.05, 0) is 48.6 Å². The molecule has 0 bridgehead atoms. The first-order valence-corrected chi connectivity index (χ1v) is 11.3. The maximum absolute atomic E-state index is 12.8. The first kappa shape index (κ1) is 22.3. The molecular weight excluding hydrogens is 417 g/mol. The number of hydrogen-bond donors (Lipinski definition) is 1. The number of likely N-dealkylation sites (tertiary alicyclic amines) is 1. The molecule has 0 saturated carbocycles. The molecular formula is C21H23F3N2O3S. The molecule has 0 aliphatic carbocycles. The van der Waals surface area contributed by atoms with E-state index >= 15 is 0 Å². The third-order valence-corrected chi connectivity index (χ3v) is 6.22. The van der Waals surface area contributed by atoms with Crippen LogP contribution in [-0.2, 0) is 28.5 Å². The van der Waals surface area contributed by atoms with Gasteiger partial charge in [0, 0.05) is 25.2 Å². The summed E-state index contributed by atoms with van der Waals surface area (Å²) in [5.41, 5.74) is 0.252. The van der Waals surface area contributed by atoms with Crippen molar-refractivity contribution in [2.75, 3.05) is 13.1 Å². The van der Waals surface area contributed by atoms with Crippen LogP contribution in [0.3, 0.4) is 0 Å². The number of carbonyl (C=O) groups excluding carboxylic acids is 1. The topological polar surface area (TPSA) is 66.5 Å². The number of amides is 1. The van der Waals surface area contributed by atoms with Crippen molar-refractivity contribution in [2.45, 2.75) is 37.7 Å². The van der Waals surface area contributed by atoms with E-state index in [4.69, 9.17) is 0 Å². The highest BCUT2D eigenvalue weighted by atomic mass is 32.2. The summed E-state index contributed by atoms with van der Waals surface area (Å²) in [6.45, 7) is 1.38. The summed E-state index contributed by atoms with van der Waals surface area (Å²) in [6.07, 6.45) is -1.48. The SMILES string of the molecule is O=C(c1cccc(CNS(=O)(=O)Cc2cccc(C(F)(F)F)c2)c1)N1CCCCC1. The Morgan fingerprint density at radius 3 is 2.33 bits per heavy atom. The molecule has 2 aromatic rings. The molecule has 2 aromatic carbocycles. The van der Waals surface area contributed by atoms with Crippen molar-refractivity contribution in [1.29, 1.82) is 0 Å². The molecule has 1 aliphatic heterocycles. The fraction of sp³-hybridized carbons (Fsp3) is 0.381. The Bertz CT molecular complexity index is 1000. The number of benzene rings is 2. The first-order valence-electron chi connectivity index (χ1n) is 9.66. The lowest BCUT2D eigenvalue weighted by molar-refractivity contribution is -0.137. The molecule has 0 unspecified atom stereocenters. The lowest BCUT2D eigenvalue weighted by Crippen LogP contribution is -2.35. The van der Waals surface area contributed by atoms with Gasteiger partial charge in [-0.25, -0.2) is 13.1 Å². The van der Waals surface area contributed by atoms with Crippen LogP contribution in [0.2, 0.25) is 0 Å². The van der Waals surface area contributed by atoms with Gasteiger partial charge in [-0.1, -0.05) is 30.3 Å². The van der Waals surface area contributed by atoms with Crippen LogP contribution in [0.5, 0.6) is 0 Å². The maximum Gasteiger partial charge on any atom is 0.416 e. The monoisotopic (exact) mass is 440 g/mol. The minimum Gasteiger partial charge on any atom is -0.339 e. The number of nitrogens with zero attached hydrogens (tertiary/aromatic N) is 1. The van der Waals surface area contributed by atoms with E-state index in [1.807, 2.05) is 0 Å². The molecule has 0 spiro atoms. The highest BCUT2D eigenvalue weighted by Crippen LogP contribution is 2.29. The van der Waals surface area contributed by atoms with E-state index in [0.29, 0.717) is 24.2 Å². The minimum atomic E-state index is -4.53. The van der Waals surface area contributed by atoms with Crippen molar-refractivity contribution in [3.05, 3.63) is 70.8 Å². The number of halogens is 3. The second kappa shape index (κ2) is 9.18. The number of nitrogens with one attached hydrogen (secondary N) is 1. The first-order chi connectivity index (χ1) is 14.1. The Morgan fingerprint density at radius 1 is 0.967 bits per heavy atom. The molecule has 30 heavy (non-hydrogen) atoms. The van der Waals surface area contributed by atoms with Crippen LogP contribution in [-0.4, -0.2) is 32.3 Å². The fourth-order valence-electron chi connectivity index (χ4n) is 3.40. The third-order valence-electron chi connectivity index (χ3n) is 4.92. The standard InChI is InChI=1S/C21H23F3N2O3S/c22-21(23,24)19-9-5-7-17(13-19)15-30(28,29)25-14-16-6-4-8-18(12-16)20(27)26-10-2-1-3-11-26/h4-9,12-13,25H,1-3,10-11,14-15H2. The average Bonchev–Trinajstić information content (AvgIpc) is 2.72. The molecule has 1 heterocycles. The Hall–Kier alpha value is -2.39. The minimum absolute atomic E-state index is 0.0475. The number of hydrogen-bond acceptors (Lipinski definition) is 3. The van der Waals surface area contributed by atoms with Gasteiger partial charge in [0.05, 0.1) is 11.3 Å². The summed E-state index contributed by atoms with van der Waals surface area (Å²) in [7, 11) is -3.86. The number of rotatable bonds is 6. The summed E-state index contributed by atoms with van der Waals surface area (Å²) < 4.78 is 65.5. The zero-order valence-corrected chi connectivity index (χ0v) is 17.1. The van der Waals surface area contributed by atoms with Crippen molar-refractivity contribution >= 4 is 15.9 Å². The normalized spacial score (nSPS) is 15.2. The van der Waals surface area contributed by atoms with E-state index in [0.717, 1.165) is 31.4 Å². The lowest BCUT2D eigenvalue weighted by atomic mass is 10.1. The number of sulfonamides is 1. The second-order valence-corrected chi connectivity index (χ2v) is 9.14. The number of piperidine rings is 1. The predicted octanol–water partition coefficient (Wildman–Crippen LogP) is 3.95. The van der Waals surface area contributed by atoms with Crippen LogP contribution >= 0.6 is 0 Å². The molecule has 0 radical (unpaired) electrons. The predicted molar refractivity (Wildman–Crippen MR) is 107 cm³/mol.